The molecule has 2 aliphatic heterocycles. The molecule has 3 rings (SSSR count). The van der Waals surface area contributed by atoms with E-state index < -0.39 is 60.5 Å². The van der Waals surface area contributed by atoms with Crippen molar-refractivity contribution in [3.63, 3.8) is 0 Å². The highest BCUT2D eigenvalue weighted by Crippen LogP contribution is 2.31. The average molecular weight is 513 g/mol. The van der Waals surface area contributed by atoms with Crippen molar-refractivity contribution in [2.45, 2.75) is 96.5 Å². The van der Waals surface area contributed by atoms with Gasteiger partial charge in [-0.3, -0.25) is 28.9 Å². The monoisotopic (exact) mass is 512 g/mol. The molecule has 0 unspecified atom stereocenters. The van der Waals surface area contributed by atoms with Crippen molar-refractivity contribution in [3.05, 3.63) is 0 Å². The zero-order chi connectivity index (χ0) is 26.4. The summed E-state index contributed by atoms with van der Waals surface area (Å²) in [7, 11) is 0. The van der Waals surface area contributed by atoms with Gasteiger partial charge in [0.05, 0.1) is 0 Å². The van der Waals surface area contributed by atoms with Crippen molar-refractivity contribution in [3.8, 4) is 0 Å². The third-order valence-electron chi connectivity index (χ3n) is 6.64. The number of carbonyl (C=O) groups is 5. The van der Waals surface area contributed by atoms with Gasteiger partial charge in [0.15, 0.2) is 18.3 Å². The highest BCUT2D eigenvalue weighted by molar-refractivity contribution is 5.83. The van der Waals surface area contributed by atoms with Gasteiger partial charge in [-0.25, -0.2) is 0 Å². The normalized spacial score (nSPS) is 29.7. The number of esters is 4. The molecule has 1 saturated carbocycles. The van der Waals surface area contributed by atoms with Crippen LogP contribution < -0.4 is 0 Å². The summed E-state index contributed by atoms with van der Waals surface area (Å²) in [5.74, 6) is -3.57. The molecule has 2 saturated heterocycles. The maximum atomic E-state index is 13.6. The molecule has 0 bridgehead atoms. The topological polar surface area (TPSA) is 138 Å². The van der Waals surface area contributed by atoms with Gasteiger partial charge in [-0.15, -0.1) is 0 Å². The molecule has 1 aliphatic carbocycles. The van der Waals surface area contributed by atoms with Crippen molar-refractivity contribution in [2.75, 3.05) is 26.2 Å². The number of ether oxygens (including phenoxy) is 5. The van der Waals surface area contributed by atoms with Gasteiger partial charge in [0, 0.05) is 59.9 Å². The zero-order valence-electron chi connectivity index (χ0n) is 21.3. The molecule has 0 aromatic carbocycles. The SMILES string of the molecule is CC(=O)O[C@@H]1O[C@H](C(=O)N2CCN(C3CCCCC3)CC2)[C@@H](OC(C)=O)[C@H](OC(C)=O)[C@H]1OC(C)=O. The van der Waals surface area contributed by atoms with Gasteiger partial charge in [0.25, 0.3) is 5.91 Å². The van der Waals surface area contributed by atoms with Crippen molar-refractivity contribution >= 4 is 29.8 Å². The van der Waals surface area contributed by atoms with Gasteiger partial charge in [-0.1, -0.05) is 19.3 Å². The summed E-state index contributed by atoms with van der Waals surface area (Å²) in [5, 5.41) is 0. The molecule has 2 heterocycles. The second-order valence-corrected chi connectivity index (χ2v) is 9.41. The lowest BCUT2D eigenvalue weighted by molar-refractivity contribution is -0.292. The summed E-state index contributed by atoms with van der Waals surface area (Å²) in [6, 6.07) is 0.516. The minimum absolute atomic E-state index is 0.436. The number of hydrogen-bond acceptors (Lipinski definition) is 11. The number of hydrogen-bond donors (Lipinski definition) is 0. The number of piperazine rings is 1. The van der Waals surface area contributed by atoms with E-state index in [2.05, 4.69) is 4.90 Å². The summed E-state index contributed by atoms with van der Waals surface area (Å²) in [5.41, 5.74) is 0. The predicted molar refractivity (Wildman–Crippen MR) is 122 cm³/mol. The van der Waals surface area contributed by atoms with Crippen LogP contribution in [0.1, 0.15) is 59.8 Å². The fraction of sp³-hybridized carbons (Fsp3) is 0.792. The van der Waals surface area contributed by atoms with Crippen LogP contribution in [0.2, 0.25) is 0 Å². The molecule has 0 N–H and O–H groups in total. The Morgan fingerprint density at radius 2 is 1.14 bits per heavy atom. The van der Waals surface area contributed by atoms with E-state index in [-0.39, 0.29) is 0 Å². The van der Waals surface area contributed by atoms with Crippen molar-refractivity contribution in [2.24, 2.45) is 0 Å². The average Bonchev–Trinajstić information content (AvgIpc) is 2.81. The molecule has 0 radical (unpaired) electrons. The number of amides is 1. The lowest BCUT2D eigenvalue weighted by Crippen LogP contribution is -2.66. The van der Waals surface area contributed by atoms with Crippen LogP contribution in [-0.4, -0.2) is 103 Å². The van der Waals surface area contributed by atoms with Crippen LogP contribution >= 0.6 is 0 Å². The number of carbonyl (C=O) groups excluding carboxylic acids is 5. The summed E-state index contributed by atoms with van der Waals surface area (Å²) in [4.78, 5) is 65.0. The third kappa shape index (κ3) is 7.16. The molecule has 0 spiro atoms. The quantitative estimate of drug-likeness (QED) is 0.364. The van der Waals surface area contributed by atoms with Crippen molar-refractivity contribution in [1.82, 2.24) is 9.80 Å². The molecule has 3 aliphatic rings. The first-order chi connectivity index (χ1) is 17.1. The van der Waals surface area contributed by atoms with Crippen LogP contribution in [0.3, 0.4) is 0 Å². The van der Waals surface area contributed by atoms with Gasteiger partial charge in [0.2, 0.25) is 12.4 Å². The molecule has 0 aromatic heterocycles. The van der Waals surface area contributed by atoms with E-state index in [1.165, 1.54) is 19.3 Å². The van der Waals surface area contributed by atoms with E-state index in [0.717, 1.165) is 40.5 Å². The maximum absolute atomic E-state index is 13.6. The van der Waals surface area contributed by atoms with E-state index in [9.17, 15) is 24.0 Å². The summed E-state index contributed by atoms with van der Waals surface area (Å²) >= 11 is 0. The second-order valence-electron chi connectivity index (χ2n) is 9.41. The third-order valence-corrected chi connectivity index (χ3v) is 6.64. The zero-order valence-corrected chi connectivity index (χ0v) is 21.3. The van der Waals surface area contributed by atoms with Crippen LogP contribution in [-0.2, 0) is 47.7 Å². The van der Waals surface area contributed by atoms with Gasteiger partial charge in [-0.05, 0) is 12.8 Å². The molecular formula is C24H36N2O10. The molecule has 36 heavy (non-hydrogen) atoms. The Labute approximate surface area is 210 Å². The lowest BCUT2D eigenvalue weighted by Gasteiger charge is -2.46. The largest absolute Gasteiger partial charge is 0.455 e. The summed E-state index contributed by atoms with van der Waals surface area (Å²) in [6.45, 7) is 6.74. The molecule has 202 valence electrons. The minimum Gasteiger partial charge on any atom is -0.455 e. The molecule has 3 fully saturated rings. The summed E-state index contributed by atoms with van der Waals surface area (Å²) < 4.78 is 27.0. The van der Waals surface area contributed by atoms with Gasteiger partial charge < -0.3 is 28.6 Å². The summed E-state index contributed by atoms with van der Waals surface area (Å²) in [6.07, 6.45) is -1.34. The van der Waals surface area contributed by atoms with Crippen molar-refractivity contribution in [1.29, 1.82) is 0 Å². The predicted octanol–water partition coefficient (Wildman–Crippen LogP) is 0.546. The Hall–Kier alpha value is -2.73. The van der Waals surface area contributed by atoms with E-state index in [1.54, 1.807) is 4.90 Å². The fourth-order valence-electron chi connectivity index (χ4n) is 5.16. The van der Waals surface area contributed by atoms with Crippen LogP contribution in [0.5, 0.6) is 0 Å². The fourth-order valence-corrected chi connectivity index (χ4v) is 5.16. The maximum Gasteiger partial charge on any atom is 0.305 e. The first kappa shape index (κ1) is 27.9. The number of nitrogens with zero attached hydrogens (tertiary/aromatic N) is 2. The highest BCUT2D eigenvalue weighted by Gasteiger charge is 2.56. The number of rotatable bonds is 6. The Balaban J connectivity index is 1.83. The van der Waals surface area contributed by atoms with Crippen LogP contribution in [0.15, 0.2) is 0 Å². The standard InChI is InChI=1S/C24H36N2O10/c1-14(27)32-19-20(33-15(2)28)22(34-16(3)29)24(35-17(4)30)36-21(19)23(31)26-12-10-25(11-13-26)18-8-6-5-7-9-18/h18-22,24H,5-13H2,1-4H3/t19-,20-,21-,22+,24+/m0/s1. The van der Waals surface area contributed by atoms with Crippen LogP contribution in [0.4, 0.5) is 0 Å². The van der Waals surface area contributed by atoms with Gasteiger partial charge >= 0.3 is 23.9 Å². The first-order valence-corrected chi connectivity index (χ1v) is 12.4. The lowest BCUT2D eigenvalue weighted by atomic mass is 9.93. The molecule has 1 amide bonds. The Kier molecular flexibility index (Phi) is 9.66. The van der Waals surface area contributed by atoms with Crippen LogP contribution in [0, 0.1) is 0 Å². The van der Waals surface area contributed by atoms with E-state index >= 15 is 0 Å². The van der Waals surface area contributed by atoms with Gasteiger partial charge in [-0.2, -0.15) is 0 Å². The molecule has 12 heteroatoms. The molecular weight excluding hydrogens is 476 g/mol. The Morgan fingerprint density at radius 3 is 1.67 bits per heavy atom. The van der Waals surface area contributed by atoms with Crippen LogP contribution in [0.25, 0.3) is 0 Å². The second kappa shape index (κ2) is 12.5. The molecule has 5 atom stereocenters. The Morgan fingerprint density at radius 1 is 0.639 bits per heavy atom. The minimum atomic E-state index is -1.56. The van der Waals surface area contributed by atoms with E-state index in [1.807, 2.05) is 0 Å². The van der Waals surface area contributed by atoms with E-state index in [0.29, 0.717) is 32.2 Å². The van der Waals surface area contributed by atoms with E-state index in [4.69, 9.17) is 23.7 Å². The Bertz CT molecular complexity index is 835. The van der Waals surface area contributed by atoms with Crippen molar-refractivity contribution < 1.29 is 47.7 Å². The molecule has 0 aromatic rings. The molecule has 12 nitrogen and oxygen atoms in total. The highest BCUT2D eigenvalue weighted by atomic mass is 16.7. The smallest absolute Gasteiger partial charge is 0.305 e. The van der Waals surface area contributed by atoms with Gasteiger partial charge in [0.1, 0.15) is 0 Å². The first-order valence-electron chi connectivity index (χ1n) is 12.4.